The van der Waals surface area contributed by atoms with Crippen LogP contribution in [0.3, 0.4) is 0 Å². The smallest absolute Gasteiger partial charge is 0.306 e. The van der Waals surface area contributed by atoms with Crippen LogP contribution in [0.5, 0.6) is 0 Å². The highest BCUT2D eigenvalue weighted by atomic mass is 16.6. The normalized spacial score (nSPS) is 15.1. The third-order valence-corrected chi connectivity index (χ3v) is 1.98. The molecule has 2 atom stereocenters. The van der Waals surface area contributed by atoms with E-state index < -0.39 is 12.2 Å². The molecule has 0 rings (SSSR count). The van der Waals surface area contributed by atoms with E-state index in [1.807, 2.05) is 0 Å². The predicted octanol–water partition coefficient (Wildman–Crippen LogP) is 1.88. The molecule has 1 N–H and O–H groups in total. The second-order valence-electron chi connectivity index (χ2n) is 3.39. The van der Waals surface area contributed by atoms with E-state index in [1.165, 1.54) is 0 Å². The maximum atomic E-state index is 11.1. The Kier molecular flexibility index (Phi) is 6.59. The van der Waals surface area contributed by atoms with E-state index in [-0.39, 0.29) is 5.97 Å². The minimum Gasteiger partial charge on any atom is -0.460 e. The van der Waals surface area contributed by atoms with Crippen LogP contribution >= 0.6 is 0 Å². The van der Waals surface area contributed by atoms with E-state index in [9.17, 15) is 4.79 Å². The van der Waals surface area contributed by atoms with E-state index in [4.69, 9.17) is 9.84 Å². The quantitative estimate of drug-likeness (QED) is 0.511. The number of aliphatic hydroxyl groups excluding tert-OH is 1. The van der Waals surface area contributed by atoms with Crippen molar-refractivity contribution in [1.82, 2.24) is 0 Å². The van der Waals surface area contributed by atoms with Crippen LogP contribution in [0.2, 0.25) is 0 Å². The molecule has 0 aliphatic heterocycles. The number of hydrogen-bond donors (Lipinski definition) is 1. The predicted molar refractivity (Wildman–Crippen MR) is 51.4 cm³/mol. The van der Waals surface area contributed by atoms with Gasteiger partial charge in [-0.15, -0.1) is 0 Å². The Labute approximate surface area is 80.1 Å². The average molecular weight is 188 g/mol. The summed E-state index contributed by atoms with van der Waals surface area (Å²) in [5.74, 6) is -0.207. The Balaban J connectivity index is 3.50. The third kappa shape index (κ3) is 6.58. The summed E-state index contributed by atoms with van der Waals surface area (Å²) >= 11 is 0. The van der Waals surface area contributed by atoms with Gasteiger partial charge in [-0.1, -0.05) is 19.8 Å². The molecule has 3 nitrogen and oxygen atoms in total. The Morgan fingerprint density at radius 2 is 2.00 bits per heavy atom. The zero-order valence-electron chi connectivity index (χ0n) is 8.75. The molecule has 0 radical (unpaired) electrons. The third-order valence-electron chi connectivity index (χ3n) is 1.98. The highest BCUT2D eigenvalue weighted by molar-refractivity contribution is 5.69. The van der Waals surface area contributed by atoms with Crippen molar-refractivity contribution in [2.24, 2.45) is 0 Å². The molecule has 0 aromatic carbocycles. The largest absolute Gasteiger partial charge is 0.460 e. The van der Waals surface area contributed by atoms with Crippen molar-refractivity contribution in [3.63, 3.8) is 0 Å². The van der Waals surface area contributed by atoms with Gasteiger partial charge in [0.2, 0.25) is 0 Å². The Bertz CT molecular complexity index is 143. The summed E-state index contributed by atoms with van der Waals surface area (Å²) in [6.07, 6.45) is 2.51. The van der Waals surface area contributed by atoms with Crippen LogP contribution in [0.4, 0.5) is 0 Å². The van der Waals surface area contributed by atoms with Gasteiger partial charge in [-0.3, -0.25) is 4.79 Å². The maximum Gasteiger partial charge on any atom is 0.306 e. The number of unbranched alkanes of at least 4 members (excludes halogenated alkanes) is 2. The van der Waals surface area contributed by atoms with Crippen molar-refractivity contribution >= 4 is 5.97 Å². The summed E-state index contributed by atoms with van der Waals surface area (Å²) in [5, 5.41) is 9.06. The first-order chi connectivity index (χ1) is 6.07. The second-order valence-corrected chi connectivity index (χ2v) is 3.39. The fourth-order valence-electron chi connectivity index (χ4n) is 0.884. The molecule has 78 valence electrons. The molecule has 13 heavy (non-hydrogen) atoms. The number of ether oxygens (including phenoxy) is 1. The highest BCUT2D eigenvalue weighted by Crippen LogP contribution is 2.04. The zero-order chi connectivity index (χ0) is 10.3. The number of esters is 1. The standard InChI is InChI=1S/C10H20O3/c1-4-5-6-7-10(12)13-9(3)8(2)11/h8-9,11H,4-7H2,1-3H3. The van der Waals surface area contributed by atoms with Crippen LogP contribution in [0.1, 0.15) is 46.5 Å². The molecular formula is C10H20O3. The number of carbonyl (C=O) groups is 1. The lowest BCUT2D eigenvalue weighted by molar-refractivity contribution is -0.153. The first-order valence-electron chi connectivity index (χ1n) is 4.95. The van der Waals surface area contributed by atoms with Crippen LogP contribution in [-0.2, 0) is 9.53 Å². The van der Waals surface area contributed by atoms with Gasteiger partial charge in [0.25, 0.3) is 0 Å². The monoisotopic (exact) mass is 188 g/mol. The Morgan fingerprint density at radius 1 is 1.38 bits per heavy atom. The molecule has 0 heterocycles. The molecule has 0 aliphatic rings. The molecule has 0 aromatic heterocycles. The van der Waals surface area contributed by atoms with Gasteiger partial charge in [-0.05, 0) is 20.3 Å². The van der Waals surface area contributed by atoms with E-state index in [1.54, 1.807) is 13.8 Å². The molecule has 0 fully saturated rings. The fourth-order valence-corrected chi connectivity index (χ4v) is 0.884. The van der Waals surface area contributed by atoms with Crippen molar-refractivity contribution in [2.45, 2.75) is 58.7 Å². The molecule has 0 saturated carbocycles. The topological polar surface area (TPSA) is 46.5 Å². The molecule has 0 amide bonds. The van der Waals surface area contributed by atoms with Crippen LogP contribution in [0.25, 0.3) is 0 Å². The molecular weight excluding hydrogens is 168 g/mol. The average Bonchev–Trinajstić information content (AvgIpc) is 2.04. The summed E-state index contributed by atoms with van der Waals surface area (Å²) in [6.45, 7) is 5.40. The maximum absolute atomic E-state index is 11.1. The fraction of sp³-hybridized carbons (Fsp3) is 0.900. The number of rotatable bonds is 6. The van der Waals surface area contributed by atoms with E-state index in [0.29, 0.717) is 6.42 Å². The number of carbonyl (C=O) groups excluding carboxylic acids is 1. The first kappa shape index (κ1) is 12.4. The van der Waals surface area contributed by atoms with Crippen molar-refractivity contribution in [3.05, 3.63) is 0 Å². The van der Waals surface area contributed by atoms with Crippen molar-refractivity contribution in [2.75, 3.05) is 0 Å². The van der Waals surface area contributed by atoms with Crippen molar-refractivity contribution < 1.29 is 14.6 Å². The molecule has 0 saturated heterocycles. The summed E-state index contributed by atoms with van der Waals surface area (Å²) in [6, 6.07) is 0. The Morgan fingerprint density at radius 3 is 2.46 bits per heavy atom. The van der Waals surface area contributed by atoms with Gasteiger partial charge in [-0.2, -0.15) is 0 Å². The van der Waals surface area contributed by atoms with Gasteiger partial charge in [0.15, 0.2) is 0 Å². The zero-order valence-corrected chi connectivity index (χ0v) is 8.75. The molecule has 0 aliphatic carbocycles. The first-order valence-corrected chi connectivity index (χ1v) is 4.95. The summed E-state index contributed by atoms with van der Waals surface area (Å²) in [5.41, 5.74) is 0. The van der Waals surface area contributed by atoms with Crippen molar-refractivity contribution in [3.8, 4) is 0 Å². The molecule has 2 unspecified atom stereocenters. The van der Waals surface area contributed by atoms with Crippen LogP contribution in [0.15, 0.2) is 0 Å². The minimum atomic E-state index is -0.588. The lowest BCUT2D eigenvalue weighted by Gasteiger charge is -2.15. The van der Waals surface area contributed by atoms with E-state index >= 15 is 0 Å². The van der Waals surface area contributed by atoms with Gasteiger partial charge < -0.3 is 9.84 Å². The lowest BCUT2D eigenvalue weighted by atomic mass is 10.2. The lowest BCUT2D eigenvalue weighted by Crippen LogP contribution is -2.25. The minimum absolute atomic E-state index is 0.207. The van der Waals surface area contributed by atoms with Gasteiger partial charge >= 0.3 is 5.97 Å². The highest BCUT2D eigenvalue weighted by Gasteiger charge is 2.13. The summed E-state index contributed by atoms with van der Waals surface area (Å²) < 4.78 is 4.97. The van der Waals surface area contributed by atoms with Gasteiger partial charge in [0.1, 0.15) is 6.10 Å². The van der Waals surface area contributed by atoms with Gasteiger partial charge in [-0.25, -0.2) is 0 Å². The van der Waals surface area contributed by atoms with Gasteiger partial charge in [0.05, 0.1) is 6.10 Å². The number of aliphatic hydroxyl groups is 1. The van der Waals surface area contributed by atoms with Crippen LogP contribution in [0, 0.1) is 0 Å². The van der Waals surface area contributed by atoms with Crippen LogP contribution in [-0.4, -0.2) is 23.3 Å². The van der Waals surface area contributed by atoms with Crippen LogP contribution < -0.4 is 0 Å². The second kappa shape index (κ2) is 6.89. The molecule has 0 spiro atoms. The van der Waals surface area contributed by atoms with Gasteiger partial charge in [0, 0.05) is 6.42 Å². The molecule has 0 bridgehead atoms. The SMILES string of the molecule is CCCCCC(=O)OC(C)C(C)O. The summed E-state index contributed by atoms with van der Waals surface area (Å²) in [7, 11) is 0. The van der Waals surface area contributed by atoms with Crippen molar-refractivity contribution in [1.29, 1.82) is 0 Å². The Hall–Kier alpha value is -0.570. The molecule has 3 heteroatoms. The van der Waals surface area contributed by atoms with E-state index in [2.05, 4.69) is 6.92 Å². The summed E-state index contributed by atoms with van der Waals surface area (Å²) in [4.78, 5) is 11.1. The molecule has 0 aromatic rings. The number of hydrogen-bond acceptors (Lipinski definition) is 3. The van der Waals surface area contributed by atoms with E-state index in [0.717, 1.165) is 19.3 Å².